The minimum absolute atomic E-state index is 0.105. The van der Waals surface area contributed by atoms with Gasteiger partial charge in [0, 0.05) is 19.1 Å². The molecule has 3 N–H and O–H groups in total. The average molecular weight is 278 g/mol. The van der Waals surface area contributed by atoms with E-state index in [1.807, 2.05) is 0 Å². The normalized spacial score (nSPS) is 15.8. The van der Waals surface area contributed by atoms with Crippen molar-refractivity contribution in [3.8, 4) is 0 Å². The van der Waals surface area contributed by atoms with E-state index < -0.39 is 0 Å². The van der Waals surface area contributed by atoms with Crippen molar-refractivity contribution in [1.29, 1.82) is 0 Å². The highest BCUT2D eigenvalue weighted by Gasteiger charge is 2.23. The summed E-state index contributed by atoms with van der Waals surface area (Å²) in [5.74, 6) is 0. The molecule has 0 spiro atoms. The van der Waals surface area contributed by atoms with Crippen LogP contribution in [0.15, 0.2) is 17.3 Å². The van der Waals surface area contributed by atoms with Crippen molar-refractivity contribution >= 4 is 17.6 Å². The first-order valence-corrected chi connectivity index (χ1v) is 6.47. The Balaban J connectivity index is 0.000000704. The molecule has 2 aromatic rings. The maximum atomic E-state index is 11.9. The summed E-state index contributed by atoms with van der Waals surface area (Å²) in [6.07, 6.45) is 5.47. The summed E-state index contributed by atoms with van der Waals surface area (Å²) >= 11 is 0. The predicted molar refractivity (Wildman–Crippen MR) is 74.2 cm³/mol. The van der Waals surface area contributed by atoms with Gasteiger partial charge in [-0.05, 0) is 19.9 Å². The molecule has 8 heteroatoms. The van der Waals surface area contributed by atoms with Gasteiger partial charge in [0.15, 0.2) is 5.65 Å². The van der Waals surface area contributed by atoms with Gasteiger partial charge in [0.25, 0.3) is 0 Å². The van der Waals surface area contributed by atoms with Crippen LogP contribution in [0.2, 0.25) is 0 Å². The monoisotopic (exact) mass is 278 g/mol. The van der Waals surface area contributed by atoms with Gasteiger partial charge in [-0.25, -0.2) is 14.8 Å². The summed E-state index contributed by atoms with van der Waals surface area (Å²) in [7, 11) is 1.50. The first-order valence-electron chi connectivity index (χ1n) is 6.47. The number of amides is 1. The van der Waals surface area contributed by atoms with E-state index in [4.69, 9.17) is 0 Å². The molecule has 0 radical (unpaired) electrons. The fraction of sp³-hybridized carbons (Fsp3) is 0.500. The van der Waals surface area contributed by atoms with Crippen LogP contribution in [0.3, 0.4) is 0 Å². The second-order valence-electron chi connectivity index (χ2n) is 4.43. The highest BCUT2D eigenvalue weighted by Crippen LogP contribution is 2.23. The van der Waals surface area contributed by atoms with Gasteiger partial charge in [-0.2, -0.15) is 0 Å². The number of carbonyl (C=O) groups excluding carboxylic acids is 1. The molecule has 0 aliphatic carbocycles. The number of H-pyrrole nitrogens is 1. The van der Waals surface area contributed by atoms with Gasteiger partial charge in [0.05, 0.1) is 6.20 Å². The molecule has 1 fully saturated rings. The molecular formula is C12H18N6O2. The van der Waals surface area contributed by atoms with Gasteiger partial charge < -0.3 is 10.6 Å². The lowest BCUT2D eigenvalue weighted by Gasteiger charge is -2.29. The summed E-state index contributed by atoms with van der Waals surface area (Å²) in [4.78, 5) is 35.1. The smallest absolute Gasteiger partial charge is 0.327 e. The summed E-state index contributed by atoms with van der Waals surface area (Å²) in [5.41, 5.74) is 5.63. The van der Waals surface area contributed by atoms with Gasteiger partial charge in [-0.15, -0.1) is 0 Å². The number of fused-ring (bicyclic) bond motifs is 1. The Labute approximate surface area is 115 Å². The van der Waals surface area contributed by atoms with E-state index in [0.29, 0.717) is 18.7 Å². The number of likely N-dealkylation sites (tertiary alicyclic amines) is 1. The number of nitrogens with one attached hydrogen (secondary N) is 1. The van der Waals surface area contributed by atoms with E-state index in [1.165, 1.54) is 13.4 Å². The van der Waals surface area contributed by atoms with Crippen molar-refractivity contribution in [3.63, 3.8) is 0 Å². The molecule has 0 unspecified atom stereocenters. The van der Waals surface area contributed by atoms with Crippen LogP contribution in [0.1, 0.15) is 18.9 Å². The lowest BCUT2D eigenvalue weighted by Crippen LogP contribution is -2.36. The molecule has 0 saturated carbocycles. The zero-order chi connectivity index (χ0) is 14.5. The maximum absolute atomic E-state index is 11.9. The van der Waals surface area contributed by atoms with Gasteiger partial charge in [0.2, 0.25) is 6.41 Å². The fourth-order valence-electron chi connectivity index (χ4n) is 2.48. The molecule has 0 aromatic carbocycles. The third kappa shape index (κ3) is 2.55. The number of carbonyl (C=O) groups is 1. The molecule has 3 heterocycles. The number of hydrogen-bond donors (Lipinski definition) is 2. The summed E-state index contributed by atoms with van der Waals surface area (Å²) in [6.45, 7) is 1.36. The third-order valence-electron chi connectivity index (χ3n) is 3.41. The molecular weight excluding hydrogens is 260 g/mol. The van der Waals surface area contributed by atoms with E-state index in [1.54, 1.807) is 15.7 Å². The quantitative estimate of drug-likeness (QED) is 0.719. The Morgan fingerprint density at radius 2 is 2.10 bits per heavy atom. The summed E-state index contributed by atoms with van der Waals surface area (Å²) in [5, 5.41) is 0. The van der Waals surface area contributed by atoms with Crippen LogP contribution in [0.4, 0.5) is 0 Å². The van der Waals surface area contributed by atoms with Crippen molar-refractivity contribution < 1.29 is 4.79 Å². The van der Waals surface area contributed by atoms with Gasteiger partial charge in [-0.1, -0.05) is 0 Å². The Kier molecular flexibility index (Phi) is 4.46. The first-order chi connectivity index (χ1) is 9.79. The standard InChI is InChI=1S/C11H13N5O2.CH5N/c17-7-15-3-1-8(2-4-15)16-9-5-12-6-13-10(9)14-11(16)18;1-2/h5-8H,1-4H2,(H,12,13,14,18);2H2,1H3. The average Bonchev–Trinajstić information content (AvgIpc) is 2.85. The lowest BCUT2D eigenvalue weighted by atomic mass is 10.1. The lowest BCUT2D eigenvalue weighted by molar-refractivity contribution is -0.119. The molecule has 2 aromatic heterocycles. The van der Waals surface area contributed by atoms with Crippen molar-refractivity contribution in [2.75, 3.05) is 20.1 Å². The zero-order valence-electron chi connectivity index (χ0n) is 11.3. The van der Waals surface area contributed by atoms with Crippen LogP contribution in [-0.4, -0.2) is 51.0 Å². The predicted octanol–water partition coefficient (Wildman–Crippen LogP) is -0.512. The van der Waals surface area contributed by atoms with E-state index in [2.05, 4.69) is 20.7 Å². The largest absolute Gasteiger partial charge is 0.345 e. The number of nitrogens with zero attached hydrogens (tertiary/aromatic N) is 4. The van der Waals surface area contributed by atoms with Crippen LogP contribution in [0, 0.1) is 0 Å². The molecule has 20 heavy (non-hydrogen) atoms. The Bertz CT molecular complexity index is 626. The fourth-order valence-corrected chi connectivity index (χ4v) is 2.48. The van der Waals surface area contributed by atoms with Crippen molar-refractivity contribution in [2.24, 2.45) is 5.73 Å². The van der Waals surface area contributed by atoms with Gasteiger partial charge in [0.1, 0.15) is 11.8 Å². The molecule has 1 aliphatic rings. The van der Waals surface area contributed by atoms with Crippen LogP contribution < -0.4 is 11.4 Å². The molecule has 108 valence electrons. The maximum Gasteiger partial charge on any atom is 0.327 e. The van der Waals surface area contributed by atoms with Crippen molar-refractivity contribution in [2.45, 2.75) is 18.9 Å². The zero-order valence-corrected chi connectivity index (χ0v) is 11.3. The second kappa shape index (κ2) is 6.29. The van der Waals surface area contributed by atoms with Crippen LogP contribution in [-0.2, 0) is 4.79 Å². The SMILES string of the molecule is CN.O=CN1CCC(n2c(=O)[nH]c3ncncc32)CC1. The number of aromatic nitrogens is 4. The molecule has 8 nitrogen and oxygen atoms in total. The number of hydrogen-bond acceptors (Lipinski definition) is 5. The molecule has 1 amide bonds. The second-order valence-corrected chi connectivity index (χ2v) is 4.43. The van der Waals surface area contributed by atoms with Crippen molar-refractivity contribution in [3.05, 3.63) is 23.0 Å². The third-order valence-corrected chi connectivity index (χ3v) is 3.41. The minimum Gasteiger partial charge on any atom is -0.345 e. The van der Waals surface area contributed by atoms with Gasteiger partial charge in [-0.3, -0.25) is 14.3 Å². The molecule has 0 bridgehead atoms. The van der Waals surface area contributed by atoms with Crippen LogP contribution in [0.25, 0.3) is 11.2 Å². The molecule has 1 saturated heterocycles. The van der Waals surface area contributed by atoms with E-state index in [-0.39, 0.29) is 11.7 Å². The van der Waals surface area contributed by atoms with Crippen LogP contribution in [0.5, 0.6) is 0 Å². The first kappa shape index (κ1) is 14.2. The Hall–Kier alpha value is -2.22. The number of aromatic amines is 1. The number of imidazole rings is 1. The summed E-state index contributed by atoms with van der Waals surface area (Å²) in [6, 6.07) is 0.105. The number of piperidine rings is 1. The highest BCUT2D eigenvalue weighted by atomic mass is 16.1. The van der Waals surface area contributed by atoms with Gasteiger partial charge >= 0.3 is 5.69 Å². The molecule has 3 rings (SSSR count). The van der Waals surface area contributed by atoms with E-state index >= 15 is 0 Å². The van der Waals surface area contributed by atoms with Crippen LogP contribution >= 0.6 is 0 Å². The molecule has 1 aliphatic heterocycles. The summed E-state index contributed by atoms with van der Waals surface area (Å²) < 4.78 is 1.71. The van der Waals surface area contributed by atoms with E-state index in [9.17, 15) is 9.59 Å². The Morgan fingerprint density at radius 1 is 1.40 bits per heavy atom. The Morgan fingerprint density at radius 3 is 2.75 bits per heavy atom. The highest BCUT2D eigenvalue weighted by molar-refractivity contribution is 5.69. The minimum atomic E-state index is -0.157. The topological polar surface area (TPSA) is 110 Å². The molecule has 0 atom stereocenters. The number of nitrogens with two attached hydrogens (primary N) is 1. The number of rotatable bonds is 2. The van der Waals surface area contributed by atoms with E-state index in [0.717, 1.165) is 24.8 Å². The van der Waals surface area contributed by atoms with Crippen molar-refractivity contribution in [1.82, 2.24) is 24.4 Å².